The zero-order chi connectivity index (χ0) is 21.8. The van der Waals surface area contributed by atoms with E-state index in [2.05, 4.69) is 44.2 Å². The first-order valence-electron chi connectivity index (χ1n) is 9.71. The van der Waals surface area contributed by atoms with Gasteiger partial charge >= 0.3 is 5.69 Å². The van der Waals surface area contributed by atoms with Crippen molar-refractivity contribution < 1.29 is 14.1 Å². The van der Waals surface area contributed by atoms with Gasteiger partial charge in [0.05, 0.1) is 17.6 Å². The molecule has 0 unspecified atom stereocenters. The number of nitrogens with one attached hydrogen (secondary N) is 1. The minimum absolute atomic E-state index is 0.0722. The predicted octanol–water partition coefficient (Wildman–Crippen LogP) is 6.04. The molecule has 0 spiro atoms. The first-order chi connectivity index (χ1) is 13.4. The van der Waals surface area contributed by atoms with Gasteiger partial charge in [-0.05, 0) is 49.7 Å². The van der Waals surface area contributed by atoms with Crippen LogP contribution < -0.4 is 10.1 Å². The largest absolute Gasteiger partial charge is 0.475 e. The maximum atomic E-state index is 11.3. The van der Waals surface area contributed by atoms with E-state index in [0.717, 1.165) is 5.56 Å². The maximum Gasteiger partial charge on any atom is 0.311 e. The van der Waals surface area contributed by atoms with Gasteiger partial charge in [-0.3, -0.25) is 10.1 Å². The third-order valence-corrected chi connectivity index (χ3v) is 9.50. The fraction of sp³-hybridized carbons (Fsp3) is 0.476. The van der Waals surface area contributed by atoms with E-state index in [-0.39, 0.29) is 22.6 Å². The van der Waals surface area contributed by atoms with Crippen molar-refractivity contribution in [1.82, 2.24) is 4.98 Å². The Kier molecular flexibility index (Phi) is 7.02. The highest BCUT2D eigenvalue weighted by atomic mass is 28.4. The molecule has 1 N–H and O–H groups in total. The Bertz CT molecular complexity index is 846. The van der Waals surface area contributed by atoms with Gasteiger partial charge in [-0.2, -0.15) is 4.98 Å². The van der Waals surface area contributed by atoms with Gasteiger partial charge in [0.15, 0.2) is 8.32 Å². The fourth-order valence-electron chi connectivity index (χ4n) is 2.28. The zero-order valence-corrected chi connectivity index (χ0v) is 19.3. The summed E-state index contributed by atoms with van der Waals surface area (Å²) in [5.41, 5.74) is 1.66. The van der Waals surface area contributed by atoms with Gasteiger partial charge < -0.3 is 14.5 Å². The number of hydrogen-bond donors (Lipinski definition) is 1. The second kappa shape index (κ2) is 8.92. The molecule has 0 saturated heterocycles. The molecule has 8 heteroatoms. The Labute approximate surface area is 173 Å². The van der Waals surface area contributed by atoms with Crippen molar-refractivity contribution in [3.05, 3.63) is 52.1 Å². The fourth-order valence-corrected chi connectivity index (χ4v) is 3.24. The van der Waals surface area contributed by atoms with Crippen LogP contribution in [0.25, 0.3) is 0 Å². The number of nitro groups is 1. The van der Waals surface area contributed by atoms with E-state index in [0.29, 0.717) is 18.2 Å². The molecule has 0 aliphatic carbocycles. The van der Waals surface area contributed by atoms with Gasteiger partial charge in [0, 0.05) is 17.8 Å². The lowest BCUT2D eigenvalue weighted by Crippen LogP contribution is -2.40. The van der Waals surface area contributed by atoms with Crippen molar-refractivity contribution in [3.8, 4) is 5.88 Å². The first-order valence-corrected chi connectivity index (χ1v) is 12.6. The molecule has 1 heterocycles. The minimum Gasteiger partial charge on any atom is -0.475 e. The van der Waals surface area contributed by atoms with Crippen molar-refractivity contribution in [2.75, 3.05) is 5.32 Å². The number of aromatic nitrogens is 1. The van der Waals surface area contributed by atoms with E-state index in [1.54, 1.807) is 0 Å². The second-order valence-electron chi connectivity index (χ2n) is 8.81. The standard InChI is InChI=1S/C21H31N3O4Si/c1-15(2)28-19-13-12-18(24(25)26)20(23-19)22-17-10-8-16(9-11-17)14-27-29(6,7)21(3,4)5/h8-13,15H,14H2,1-7H3,(H,22,23). The van der Waals surface area contributed by atoms with Crippen LogP contribution in [0.3, 0.4) is 0 Å². The summed E-state index contributed by atoms with van der Waals surface area (Å²) in [4.78, 5) is 15.1. The number of hydrogen-bond acceptors (Lipinski definition) is 6. The molecular weight excluding hydrogens is 386 g/mol. The van der Waals surface area contributed by atoms with E-state index in [9.17, 15) is 10.1 Å². The van der Waals surface area contributed by atoms with Crippen LogP contribution in [0.15, 0.2) is 36.4 Å². The second-order valence-corrected chi connectivity index (χ2v) is 13.6. The summed E-state index contributed by atoms with van der Waals surface area (Å²) in [5.74, 6) is 0.492. The SMILES string of the molecule is CC(C)Oc1ccc([N+](=O)[O-])c(Nc2ccc(CO[Si](C)(C)C(C)(C)C)cc2)n1. The van der Waals surface area contributed by atoms with Crippen LogP contribution in [-0.4, -0.2) is 24.3 Å². The van der Waals surface area contributed by atoms with Gasteiger partial charge in [-0.1, -0.05) is 32.9 Å². The van der Waals surface area contributed by atoms with Gasteiger partial charge in [-0.15, -0.1) is 0 Å². The summed E-state index contributed by atoms with van der Waals surface area (Å²) in [6.45, 7) is 15.4. The van der Waals surface area contributed by atoms with Crippen LogP contribution in [0.5, 0.6) is 5.88 Å². The Morgan fingerprint density at radius 3 is 2.28 bits per heavy atom. The van der Waals surface area contributed by atoms with Crippen LogP contribution in [-0.2, 0) is 11.0 Å². The topological polar surface area (TPSA) is 86.5 Å². The highest BCUT2D eigenvalue weighted by Crippen LogP contribution is 2.37. The number of nitrogens with zero attached hydrogens (tertiary/aromatic N) is 2. The summed E-state index contributed by atoms with van der Waals surface area (Å²) in [6, 6.07) is 10.5. The summed E-state index contributed by atoms with van der Waals surface area (Å²) in [5, 5.41) is 14.5. The average molecular weight is 418 g/mol. The Morgan fingerprint density at radius 2 is 1.76 bits per heavy atom. The molecule has 0 bridgehead atoms. The van der Waals surface area contributed by atoms with E-state index in [1.165, 1.54) is 12.1 Å². The number of benzene rings is 1. The molecule has 0 saturated carbocycles. The third kappa shape index (κ3) is 6.27. The van der Waals surface area contributed by atoms with E-state index >= 15 is 0 Å². The molecule has 0 amide bonds. The lowest BCUT2D eigenvalue weighted by molar-refractivity contribution is -0.384. The van der Waals surface area contributed by atoms with Crippen LogP contribution in [0.4, 0.5) is 17.2 Å². The molecule has 1 aromatic carbocycles. The minimum atomic E-state index is -1.82. The van der Waals surface area contributed by atoms with Crippen molar-refractivity contribution in [2.24, 2.45) is 0 Å². The Morgan fingerprint density at radius 1 is 1.14 bits per heavy atom. The van der Waals surface area contributed by atoms with E-state index in [4.69, 9.17) is 9.16 Å². The number of pyridine rings is 1. The molecule has 0 aliphatic rings. The summed E-state index contributed by atoms with van der Waals surface area (Å²) < 4.78 is 11.8. The van der Waals surface area contributed by atoms with Crippen LogP contribution >= 0.6 is 0 Å². The maximum absolute atomic E-state index is 11.3. The van der Waals surface area contributed by atoms with Crippen molar-refractivity contribution in [2.45, 2.75) is 65.5 Å². The van der Waals surface area contributed by atoms with Gasteiger partial charge in [0.2, 0.25) is 11.7 Å². The number of rotatable bonds is 8. The van der Waals surface area contributed by atoms with Gasteiger partial charge in [-0.25, -0.2) is 0 Å². The molecule has 7 nitrogen and oxygen atoms in total. The smallest absolute Gasteiger partial charge is 0.311 e. The van der Waals surface area contributed by atoms with Gasteiger partial charge in [0.25, 0.3) is 0 Å². The zero-order valence-electron chi connectivity index (χ0n) is 18.3. The summed E-state index contributed by atoms with van der Waals surface area (Å²) >= 11 is 0. The molecule has 1 aromatic heterocycles. The van der Waals surface area contributed by atoms with E-state index in [1.807, 2.05) is 38.1 Å². The Hall–Kier alpha value is -2.45. The first kappa shape index (κ1) is 22.8. The molecule has 0 fully saturated rings. The lowest BCUT2D eigenvalue weighted by Gasteiger charge is -2.36. The van der Waals surface area contributed by atoms with Crippen LogP contribution in [0, 0.1) is 10.1 Å². The molecule has 0 atom stereocenters. The van der Waals surface area contributed by atoms with Crippen molar-refractivity contribution in [3.63, 3.8) is 0 Å². The average Bonchev–Trinajstić information content (AvgIpc) is 2.59. The highest BCUT2D eigenvalue weighted by Gasteiger charge is 2.37. The third-order valence-electron chi connectivity index (χ3n) is 5.02. The van der Waals surface area contributed by atoms with Crippen molar-refractivity contribution in [1.29, 1.82) is 0 Å². The molecule has 0 aliphatic heterocycles. The molecular formula is C21H31N3O4Si. The monoisotopic (exact) mass is 417 g/mol. The molecule has 29 heavy (non-hydrogen) atoms. The Balaban J connectivity index is 2.14. The summed E-state index contributed by atoms with van der Waals surface area (Å²) in [7, 11) is -1.82. The quantitative estimate of drug-likeness (QED) is 0.320. The molecule has 2 aromatic rings. The molecule has 2 rings (SSSR count). The van der Waals surface area contributed by atoms with Gasteiger partial charge in [0.1, 0.15) is 0 Å². The van der Waals surface area contributed by atoms with Crippen LogP contribution in [0.1, 0.15) is 40.2 Å². The summed E-state index contributed by atoms with van der Waals surface area (Å²) in [6.07, 6.45) is -0.0722. The predicted molar refractivity (Wildman–Crippen MR) is 118 cm³/mol. The number of ether oxygens (including phenoxy) is 1. The van der Waals surface area contributed by atoms with Crippen LogP contribution in [0.2, 0.25) is 18.1 Å². The van der Waals surface area contributed by atoms with Crippen molar-refractivity contribution >= 4 is 25.5 Å². The molecule has 158 valence electrons. The highest BCUT2D eigenvalue weighted by molar-refractivity contribution is 6.74. The normalized spacial score (nSPS) is 12.1. The molecule has 0 radical (unpaired) electrons. The number of anilines is 2. The lowest BCUT2D eigenvalue weighted by atomic mass is 10.2. The van der Waals surface area contributed by atoms with E-state index < -0.39 is 13.2 Å².